The molecule has 3 aromatic carbocycles. The SMILES string of the molecule is O=S(=O)(Oc1c(Cl)cc(C=Nc2ccccc2)cc1Cl)c1ccccc1. The summed E-state index contributed by atoms with van der Waals surface area (Å²) in [6.07, 6.45) is 1.59. The number of hydrogen-bond acceptors (Lipinski definition) is 4. The molecular formula is C19H13Cl2NO3S. The average Bonchev–Trinajstić information content (AvgIpc) is 2.65. The van der Waals surface area contributed by atoms with E-state index in [-0.39, 0.29) is 20.7 Å². The molecule has 7 heteroatoms. The number of halogens is 2. The molecule has 0 fully saturated rings. The van der Waals surface area contributed by atoms with Crippen molar-refractivity contribution in [3.8, 4) is 5.75 Å². The molecule has 0 amide bonds. The predicted molar refractivity (Wildman–Crippen MR) is 104 cm³/mol. The Balaban J connectivity index is 1.87. The zero-order chi connectivity index (χ0) is 18.6. The van der Waals surface area contributed by atoms with Gasteiger partial charge in [-0.3, -0.25) is 4.99 Å². The highest BCUT2D eigenvalue weighted by molar-refractivity contribution is 7.87. The molecule has 0 saturated carbocycles. The highest BCUT2D eigenvalue weighted by Gasteiger charge is 2.20. The van der Waals surface area contributed by atoms with Gasteiger partial charge in [0.1, 0.15) is 4.90 Å². The fourth-order valence-corrected chi connectivity index (χ4v) is 3.80. The Morgan fingerprint density at radius 1 is 0.846 bits per heavy atom. The number of hydrogen-bond donors (Lipinski definition) is 0. The largest absolute Gasteiger partial charge is 0.376 e. The first-order valence-electron chi connectivity index (χ1n) is 7.53. The molecule has 26 heavy (non-hydrogen) atoms. The Morgan fingerprint density at radius 2 is 1.38 bits per heavy atom. The maximum atomic E-state index is 12.3. The van der Waals surface area contributed by atoms with Crippen LogP contribution in [0, 0.1) is 0 Å². The minimum Gasteiger partial charge on any atom is -0.376 e. The van der Waals surface area contributed by atoms with Crippen LogP contribution >= 0.6 is 23.2 Å². The summed E-state index contributed by atoms with van der Waals surface area (Å²) in [5.74, 6) is -0.117. The third kappa shape index (κ3) is 4.43. The van der Waals surface area contributed by atoms with E-state index in [2.05, 4.69) is 4.99 Å². The minimum atomic E-state index is -4.03. The smallest absolute Gasteiger partial charge is 0.339 e. The summed E-state index contributed by atoms with van der Waals surface area (Å²) in [6.45, 7) is 0. The van der Waals surface area contributed by atoms with Gasteiger partial charge >= 0.3 is 10.1 Å². The summed E-state index contributed by atoms with van der Waals surface area (Å²) in [7, 11) is -4.03. The Bertz CT molecular complexity index is 1010. The number of rotatable bonds is 5. The summed E-state index contributed by atoms with van der Waals surface area (Å²) in [4.78, 5) is 4.32. The van der Waals surface area contributed by atoms with Crippen molar-refractivity contribution in [3.05, 3.63) is 88.4 Å². The van der Waals surface area contributed by atoms with Gasteiger partial charge in [0.15, 0.2) is 5.75 Å². The molecule has 3 rings (SSSR count). The van der Waals surface area contributed by atoms with Crippen molar-refractivity contribution in [1.29, 1.82) is 0 Å². The lowest BCUT2D eigenvalue weighted by atomic mass is 10.2. The van der Waals surface area contributed by atoms with Gasteiger partial charge in [0.2, 0.25) is 0 Å². The number of benzene rings is 3. The van der Waals surface area contributed by atoms with Crippen molar-refractivity contribution in [1.82, 2.24) is 0 Å². The Morgan fingerprint density at radius 3 is 1.96 bits per heavy atom. The first kappa shape index (κ1) is 18.5. The first-order valence-corrected chi connectivity index (χ1v) is 9.70. The summed E-state index contributed by atoms with van der Waals surface area (Å²) >= 11 is 12.3. The maximum absolute atomic E-state index is 12.3. The van der Waals surface area contributed by atoms with Gasteiger partial charge in [-0.15, -0.1) is 0 Å². The molecule has 0 N–H and O–H groups in total. The lowest BCUT2D eigenvalue weighted by Crippen LogP contribution is -2.10. The molecule has 4 nitrogen and oxygen atoms in total. The van der Waals surface area contributed by atoms with Gasteiger partial charge in [0.25, 0.3) is 0 Å². The minimum absolute atomic E-state index is 0.0156. The van der Waals surface area contributed by atoms with Gasteiger partial charge in [-0.1, -0.05) is 59.6 Å². The van der Waals surface area contributed by atoms with Crippen molar-refractivity contribution >= 4 is 45.2 Å². The predicted octanol–water partition coefficient (Wildman–Crippen LogP) is 5.51. The Labute approximate surface area is 161 Å². The van der Waals surface area contributed by atoms with Gasteiger partial charge in [-0.05, 0) is 42.0 Å². The van der Waals surface area contributed by atoms with Crippen LogP contribution in [0.2, 0.25) is 10.0 Å². The second-order valence-corrected chi connectivity index (χ2v) is 7.62. The van der Waals surface area contributed by atoms with Crippen LogP contribution < -0.4 is 4.18 Å². The van der Waals surface area contributed by atoms with Crippen LogP contribution in [-0.2, 0) is 10.1 Å². The molecule has 0 bridgehead atoms. The van der Waals surface area contributed by atoms with Gasteiger partial charge in [-0.25, -0.2) is 0 Å². The molecule has 0 aliphatic carbocycles. The molecule has 0 aliphatic rings. The van der Waals surface area contributed by atoms with Crippen LogP contribution in [0.3, 0.4) is 0 Å². The molecule has 0 aromatic heterocycles. The number of nitrogens with zero attached hydrogens (tertiary/aromatic N) is 1. The molecule has 3 aromatic rings. The average molecular weight is 406 g/mol. The molecule has 0 aliphatic heterocycles. The van der Waals surface area contributed by atoms with E-state index >= 15 is 0 Å². The fraction of sp³-hybridized carbons (Fsp3) is 0. The molecule has 0 heterocycles. The molecule has 0 saturated heterocycles. The van der Waals surface area contributed by atoms with Crippen LogP contribution in [0.15, 0.2) is 82.7 Å². The van der Waals surface area contributed by atoms with Gasteiger partial charge in [-0.2, -0.15) is 8.42 Å². The second kappa shape index (κ2) is 7.91. The summed E-state index contributed by atoms with van der Waals surface area (Å²) in [5, 5.41) is 0.151. The van der Waals surface area contributed by atoms with Crippen molar-refractivity contribution < 1.29 is 12.6 Å². The van der Waals surface area contributed by atoms with E-state index in [1.54, 1.807) is 24.4 Å². The van der Waals surface area contributed by atoms with Gasteiger partial charge in [0.05, 0.1) is 15.7 Å². The van der Waals surface area contributed by atoms with Crippen LogP contribution in [0.25, 0.3) is 0 Å². The van der Waals surface area contributed by atoms with Gasteiger partial charge in [0, 0.05) is 6.21 Å². The third-order valence-corrected chi connectivity index (χ3v) is 5.16. The fourth-order valence-electron chi connectivity index (χ4n) is 2.14. The lowest BCUT2D eigenvalue weighted by Gasteiger charge is -2.11. The zero-order valence-corrected chi connectivity index (χ0v) is 15.7. The van der Waals surface area contributed by atoms with Crippen LogP contribution in [0.1, 0.15) is 5.56 Å². The van der Waals surface area contributed by atoms with Crippen molar-refractivity contribution in [2.75, 3.05) is 0 Å². The zero-order valence-electron chi connectivity index (χ0n) is 13.3. The van der Waals surface area contributed by atoms with E-state index < -0.39 is 10.1 Å². The molecular weight excluding hydrogens is 393 g/mol. The topological polar surface area (TPSA) is 55.7 Å². The molecule has 0 unspecified atom stereocenters. The van der Waals surface area contributed by atoms with Crippen molar-refractivity contribution in [2.24, 2.45) is 4.99 Å². The van der Waals surface area contributed by atoms with Crippen LogP contribution in [0.5, 0.6) is 5.75 Å². The number of para-hydroxylation sites is 1. The highest BCUT2D eigenvalue weighted by atomic mass is 35.5. The second-order valence-electron chi connectivity index (χ2n) is 5.26. The van der Waals surface area contributed by atoms with E-state index in [9.17, 15) is 8.42 Å². The van der Waals surface area contributed by atoms with E-state index in [4.69, 9.17) is 27.4 Å². The van der Waals surface area contributed by atoms with E-state index in [1.165, 1.54) is 24.3 Å². The van der Waals surface area contributed by atoms with Crippen LogP contribution in [-0.4, -0.2) is 14.6 Å². The lowest BCUT2D eigenvalue weighted by molar-refractivity contribution is 0.486. The van der Waals surface area contributed by atoms with Gasteiger partial charge < -0.3 is 4.18 Å². The van der Waals surface area contributed by atoms with Crippen molar-refractivity contribution in [3.63, 3.8) is 0 Å². The van der Waals surface area contributed by atoms with Crippen LogP contribution in [0.4, 0.5) is 5.69 Å². The normalized spacial score (nSPS) is 11.6. The summed E-state index contributed by atoms with van der Waals surface area (Å²) in [5.41, 5.74) is 1.39. The standard InChI is InChI=1S/C19H13Cl2NO3S/c20-17-11-14(13-22-15-7-3-1-4-8-15)12-18(21)19(17)25-26(23,24)16-9-5-2-6-10-16/h1-13H. The van der Waals surface area contributed by atoms with E-state index in [1.807, 2.05) is 30.3 Å². The van der Waals surface area contributed by atoms with Crippen molar-refractivity contribution in [2.45, 2.75) is 4.90 Å². The molecule has 0 radical (unpaired) electrons. The summed E-state index contributed by atoms with van der Waals surface area (Å²) in [6, 6.07) is 20.2. The molecule has 0 spiro atoms. The van der Waals surface area contributed by atoms with E-state index in [0.717, 1.165) is 5.69 Å². The third-order valence-electron chi connectivity index (χ3n) is 3.36. The Hall–Kier alpha value is -2.34. The molecule has 132 valence electrons. The van der Waals surface area contributed by atoms with E-state index in [0.29, 0.717) is 5.56 Å². The maximum Gasteiger partial charge on any atom is 0.339 e. The monoisotopic (exact) mass is 405 g/mol. The summed E-state index contributed by atoms with van der Waals surface area (Å²) < 4.78 is 29.8. The Kier molecular flexibility index (Phi) is 5.61. The first-order chi connectivity index (χ1) is 12.5. The molecule has 0 atom stereocenters. The highest BCUT2D eigenvalue weighted by Crippen LogP contribution is 2.36. The number of aliphatic imine (C=N–C) groups is 1. The quantitative estimate of drug-likeness (QED) is 0.415.